The Kier molecular flexibility index (Phi) is 3.70. The summed E-state index contributed by atoms with van der Waals surface area (Å²) < 4.78 is 43.1. The Balaban J connectivity index is 2.27. The number of carbonyl (C=O) groups is 1. The highest BCUT2D eigenvalue weighted by Crippen LogP contribution is 2.33. The first-order valence-electron chi connectivity index (χ1n) is 5.68. The van der Waals surface area contributed by atoms with Gasteiger partial charge in [-0.2, -0.15) is 18.2 Å². The molecular weight excluding hydrogens is 287 g/mol. The Hall–Kier alpha value is -2.77. The Bertz CT molecular complexity index is 669. The number of rotatable bonds is 3. The number of nitrogen functional groups attached to an aromatic ring is 1. The lowest BCUT2D eigenvalue weighted by Crippen LogP contribution is -2.10. The third-order valence-electron chi connectivity index (χ3n) is 2.51. The third-order valence-corrected chi connectivity index (χ3v) is 2.51. The highest BCUT2D eigenvalue weighted by molar-refractivity contribution is 5.92. The number of pyridine rings is 1. The summed E-state index contributed by atoms with van der Waals surface area (Å²) in [5.74, 6) is -1.03. The molecule has 2 rings (SSSR count). The standard InChI is InChI=1S/C13H10F3N3O2/c14-13(15,16)8-5-10(17)19-11(6-8)21-9-3-1-7(2-4-9)12(18)20/h1-6H,(H2,17,19)(H2,18,20). The fourth-order valence-electron chi connectivity index (χ4n) is 1.55. The van der Waals surface area contributed by atoms with Gasteiger partial charge in [-0.1, -0.05) is 0 Å². The number of aromatic nitrogens is 1. The summed E-state index contributed by atoms with van der Waals surface area (Å²) in [5, 5.41) is 0. The van der Waals surface area contributed by atoms with Gasteiger partial charge in [-0.25, -0.2) is 0 Å². The van der Waals surface area contributed by atoms with E-state index >= 15 is 0 Å². The molecule has 0 spiro atoms. The monoisotopic (exact) mass is 297 g/mol. The molecule has 1 amide bonds. The number of benzene rings is 1. The summed E-state index contributed by atoms with van der Waals surface area (Å²) in [6, 6.07) is 6.99. The van der Waals surface area contributed by atoms with Crippen LogP contribution in [-0.4, -0.2) is 10.9 Å². The zero-order valence-corrected chi connectivity index (χ0v) is 10.5. The molecule has 0 aliphatic carbocycles. The maximum absolute atomic E-state index is 12.6. The number of amides is 1. The van der Waals surface area contributed by atoms with Crippen LogP contribution in [0.4, 0.5) is 19.0 Å². The summed E-state index contributed by atoms with van der Waals surface area (Å²) >= 11 is 0. The first-order chi connectivity index (χ1) is 9.75. The van der Waals surface area contributed by atoms with E-state index in [-0.39, 0.29) is 23.0 Å². The predicted octanol–water partition coefficient (Wildman–Crippen LogP) is 2.57. The molecule has 0 aliphatic rings. The van der Waals surface area contributed by atoms with Gasteiger partial charge in [0.25, 0.3) is 0 Å². The van der Waals surface area contributed by atoms with Crippen LogP contribution in [0.5, 0.6) is 11.6 Å². The van der Waals surface area contributed by atoms with Crippen molar-refractivity contribution in [1.29, 1.82) is 0 Å². The quantitative estimate of drug-likeness (QED) is 0.910. The second kappa shape index (κ2) is 5.31. The highest BCUT2D eigenvalue weighted by Gasteiger charge is 2.31. The van der Waals surface area contributed by atoms with Crippen molar-refractivity contribution in [2.24, 2.45) is 5.73 Å². The molecule has 1 aromatic heterocycles. The molecule has 1 aromatic carbocycles. The van der Waals surface area contributed by atoms with Crippen LogP contribution in [0.15, 0.2) is 36.4 Å². The summed E-state index contributed by atoms with van der Waals surface area (Å²) in [7, 11) is 0. The number of alkyl halides is 3. The maximum Gasteiger partial charge on any atom is 0.416 e. The lowest BCUT2D eigenvalue weighted by Gasteiger charge is -2.10. The van der Waals surface area contributed by atoms with Crippen LogP contribution < -0.4 is 16.2 Å². The number of hydrogen-bond acceptors (Lipinski definition) is 4. The molecule has 0 atom stereocenters. The Morgan fingerprint density at radius 2 is 1.76 bits per heavy atom. The van der Waals surface area contributed by atoms with Gasteiger partial charge in [-0.15, -0.1) is 0 Å². The second-order valence-electron chi connectivity index (χ2n) is 4.11. The van der Waals surface area contributed by atoms with Gasteiger partial charge in [0.05, 0.1) is 5.56 Å². The van der Waals surface area contributed by atoms with Crippen molar-refractivity contribution in [2.45, 2.75) is 6.18 Å². The van der Waals surface area contributed by atoms with E-state index in [2.05, 4.69) is 4.98 Å². The topological polar surface area (TPSA) is 91.2 Å². The number of ether oxygens (including phenoxy) is 1. The van der Waals surface area contributed by atoms with Gasteiger partial charge in [0.1, 0.15) is 11.6 Å². The van der Waals surface area contributed by atoms with Crippen molar-refractivity contribution in [3.63, 3.8) is 0 Å². The van der Waals surface area contributed by atoms with E-state index in [4.69, 9.17) is 16.2 Å². The summed E-state index contributed by atoms with van der Waals surface area (Å²) in [6.07, 6.45) is -4.55. The van der Waals surface area contributed by atoms with Crippen LogP contribution in [0.25, 0.3) is 0 Å². The smallest absolute Gasteiger partial charge is 0.416 e. The van der Waals surface area contributed by atoms with Gasteiger partial charge in [0.15, 0.2) is 0 Å². The minimum Gasteiger partial charge on any atom is -0.439 e. The van der Waals surface area contributed by atoms with E-state index in [9.17, 15) is 18.0 Å². The molecule has 0 aliphatic heterocycles. The Labute approximate surface area is 117 Å². The average molecular weight is 297 g/mol. The Morgan fingerprint density at radius 1 is 1.14 bits per heavy atom. The molecule has 5 nitrogen and oxygen atoms in total. The van der Waals surface area contributed by atoms with Crippen LogP contribution >= 0.6 is 0 Å². The lowest BCUT2D eigenvalue weighted by molar-refractivity contribution is -0.137. The van der Waals surface area contributed by atoms with Gasteiger partial charge in [-0.3, -0.25) is 4.79 Å². The average Bonchev–Trinajstić information content (AvgIpc) is 2.37. The van der Waals surface area contributed by atoms with Gasteiger partial charge in [0, 0.05) is 11.6 Å². The van der Waals surface area contributed by atoms with Crippen molar-refractivity contribution in [1.82, 2.24) is 4.98 Å². The van der Waals surface area contributed by atoms with Crippen molar-refractivity contribution in [3.8, 4) is 11.6 Å². The van der Waals surface area contributed by atoms with Crippen molar-refractivity contribution >= 4 is 11.7 Å². The van der Waals surface area contributed by atoms with Crippen LogP contribution in [0.3, 0.4) is 0 Å². The molecule has 1 heterocycles. The zero-order chi connectivity index (χ0) is 15.6. The van der Waals surface area contributed by atoms with Gasteiger partial charge < -0.3 is 16.2 Å². The summed E-state index contributed by atoms with van der Waals surface area (Å²) in [5.41, 5.74) is 9.68. The fraction of sp³-hybridized carbons (Fsp3) is 0.0769. The predicted molar refractivity (Wildman–Crippen MR) is 68.7 cm³/mol. The number of primary amides is 1. The van der Waals surface area contributed by atoms with E-state index in [0.717, 1.165) is 6.07 Å². The van der Waals surface area contributed by atoms with Crippen molar-refractivity contribution in [2.75, 3.05) is 5.73 Å². The molecule has 0 fully saturated rings. The zero-order valence-electron chi connectivity index (χ0n) is 10.5. The van der Waals surface area contributed by atoms with Crippen molar-refractivity contribution < 1.29 is 22.7 Å². The van der Waals surface area contributed by atoms with E-state index in [1.54, 1.807) is 0 Å². The van der Waals surface area contributed by atoms with Gasteiger partial charge >= 0.3 is 6.18 Å². The number of nitrogens with zero attached hydrogens (tertiary/aromatic N) is 1. The van der Waals surface area contributed by atoms with Crippen LogP contribution in [-0.2, 0) is 6.18 Å². The van der Waals surface area contributed by atoms with Gasteiger partial charge in [0.2, 0.25) is 11.8 Å². The molecule has 2 aromatic rings. The van der Waals surface area contributed by atoms with E-state index in [0.29, 0.717) is 6.07 Å². The molecule has 0 radical (unpaired) electrons. The SMILES string of the molecule is NC(=O)c1ccc(Oc2cc(C(F)(F)F)cc(N)n2)cc1. The van der Waals surface area contributed by atoms with E-state index in [1.807, 2.05) is 0 Å². The molecule has 21 heavy (non-hydrogen) atoms. The molecule has 110 valence electrons. The number of anilines is 1. The third kappa shape index (κ3) is 3.62. The van der Waals surface area contributed by atoms with Crippen LogP contribution in [0, 0.1) is 0 Å². The lowest BCUT2D eigenvalue weighted by atomic mass is 10.2. The van der Waals surface area contributed by atoms with Crippen LogP contribution in [0.1, 0.15) is 15.9 Å². The molecule has 0 saturated heterocycles. The largest absolute Gasteiger partial charge is 0.439 e. The summed E-state index contributed by atoms with van der Waals surface area (Å²) in [6.45, 7) is 0. The van der Waals surface area contributed by atoms with E-state index < -0.39 is 17.6 Å². The molecular formula is C13H10F3N3O2. The molecule has 0 saturated carbocycles. The number of carbonyl (C=O) groups excluding carboxylic acids is 1. The Morgan fingerprint density at radius 3 is 2.29 bits per heavy atom. The first-order valence-corrected chi connectivity index (χ1v) is 5.68. The minimum absolute atomic E-state index is 0.200. The molecule has 4 N–H and O–H groups in total. The normalized spacial score (nSPS) is 11.2. The van der Waals surface area contributed by atoms with Crippen molar-refractivity contribution in [3.05, 3.63) is 47.5 Å². The molecule has 0 unspecified atom stereocenters. The molecule has 8 heteroatoms. The number of nitrogens with two attached hydrogens (primary N) is 2. The number of hydrogen-bond donors (Lipinski definition) is 2. The van der Waals surface area contributed by atoms with Gasteiger partial charge in [-0.05, 0) is 30.3 Å². The van der Waals surface area contributed by atoms with Crippen LogP contribution in [0.2, 0.25) is 0 Å². The summed E-state index contributed by atoms with van der Waals surface area (Å²) in [4.78, 5) is 14.6. The second-order valence-corrected chi connectivity index (χ2v) is 4.11. The fourth-order valence-corrected chi connectivity index (χ4v) is 1.55. The highest BCUT2D eigenvalue weighted by atomic mass is 19.4. The van der Waals surface area contributed by atoms with E-state index in [1.165, 1.54) is 24.3 Å². The number of halogens is 3. The molecule has 0 bridgehead atoms. The maximum atomic E-state index is 12.6. The minimum atomic E-state index is -4.55. The first kappa shape index (κ1) is 14.6.